The van der Waals surface area contributed by atoms with Crippen LogP contribution in [-0.2, 0) is 0 Å². The third-order valence-electron chi connectivity index (χ3n) is 3.72. The minimum absolute atomic E-state index is 0.0300. The van der Waals surface area contributed by atoms with E-state index < -0.39 is 0 Å². The van der Waals surface area contributed by atoms with E-state index in [-0.39, 0.29) is 5.91 Å². The van der Waals surface area contributed by atoms with Gasteiger partial charge in [0.2, 0.25) is 0 Å². The molecule has 2 atom stereocenters. The maximum absolute atomic E-state index is 12.0. The predicted octanol–water partition coefficient (Wildman–Crippen LogP) is 3.46. The van der Waals surface area contributed by atoms with Gasteiger partial charge in [-0.15, -0.1) is 11.3 Å². The molecule has 5 heteroatoms. The lowest BCUT2D eigenvalue weighted by atomic mass is 10.0. The van der Waals surface area contributed by atoms with Crippen LogP contribution in [-0.4, -0.2) is 18.0 Å². The van der Waals surface area contributed by atoms with Crippen LogP contribution < -0.4 is 16.4 Å². The Bertz CT molecular complexity index is 468. The van der Waals surface area contributed by atoms with E-state index in [1.54, 1.807) is 0 Å². The number of hydrogen-bond acceptors (Lipinski definition) is 4. The largest absolute Gasteiger partial charge is 0.397 e. The van der Waals surface area contributed by atoms with Crippen LogP contribution in [0.15, 0.2) is 6.07 Å². The van der Waals surface area contributed by atoms with Crippen molar-refractivity contribution in [2.24, 2.45) is 5.92 Å². The van der Waals surface area contributed by atoms with Crippen molar-refractivity contribution < 1.29 is 4.79 Å². The Morgan fingerprint density at radius 3 is 2.80 bits per heavy atom. The van der Waals surface area contributed by atoms with Gasteiger partial charge in [0.05, 0.1) is 10.7 Å². The van der Waals surface area contributed by atoms with Crippen LogP contribution >= 0.6 is 11.3 Å². The zero-order valence-corrected chi connectivity index (χ0v) is 13.3. The number of nitrogens with one attached hydrogen (secondary N) is 2. The molecule has 1 aliphatic carbocycles. The first-order valence-electron chi connectivity index (χ1n) is 7.46. The fourth-order valence-corrected chi connectivity index (χ4v) is 3.20. The topological polar surface area (TPSA) is 67.1 Å². The summed E-state index contributed by atoms with van der Waals surface area (Å²) in [4.78, 5) is 12.7. The molecule has 112 valence electrons. The Morgan fingerprint density at radius 1 is 1.50 bits per heavy atom. The number of carbonyl (C=O) groups is 1. The number of rotatable bonds is 7. The number of thiophene rings is 1. The van der Waals surface area contributed by atoms with Crippen molar-refractivity contribution in [3.63, 3.8) is 0 Å². The third-order valence-corrected chi connectivity index (χ3v) is 4.80. The first-order valence-corrected chi connectivity index (χ1v) is 8.28. The van der Waals surface area contributed by atoms with E-state index in [1.807, 2.05) is 6.07 Å². The summed E-state index contributed by atoms with van der Waals surface area (Å²) in [5.74, 6) is 0.671. The van der Waals surface area contributed by atoms with E-state index in [0.717, 1.165) is 24.3 Å². The first kappa shape index (κ1) is 15.2. The SMILES string of the molecule is CCC(C)CC(C)Nc1cc(N)c(C(=O)NC2CC2)s1. The zero-order valence-electron chi connectivity index (χ0n) is 12.5. The fourth-order valence-electron chi connectivity index (χ4n) is 2.20. The second-order valence-corrected chi connectivity index (χ2v) is 6.99. The van der Waals surface area contributed by atoms with Crippen LogP contribution in [0.4, 0.5) is 10.7 Å². The van der Waals surface area contributed by atoms with Crippen molar-refractivity contribution in [3.05, 3.63) is 10.9 Å². The number of hydrogen-bond donors (Lipinski definition) is 3. The molecular weight excluding hydrogens is 270 g/mol. The van der Waals surface area contributed by atoms with E-state index in [2.05, 4.69) is 31.4 Å². The Morgan fingerprint density at radius 2 is 2.20 bits per heavy atom. The molecule has 1 aromatic rings. The molecule has 2 unspecified atom stereocenters. The number of carbonyl (C=O) groups excluding carboxylic acids is 1. The average Bonchev–Trinajstić information content (AvgIpc) is 3.11. The Balaban J connectivity index is 1.93. The number of anilines is 2. The monoisotopic (exact) mass is 295 g/mol. The molecule has 4 N–H and O–H groups in total. The molecule has 1 amide bonds. The Labute approximate surface area is 125 Å². The fraction of sp³-hybridized carbons (Fsp3) is 0.667. The van der Waals surface area contributed by atoms with Gasteiger partial charge in [-0.1, -0.05) is 20.3 Å². The molecule has 1 aromatic heterocycles. The van der Waals surface area contributed by atoms with Gasteiger partial charge in [-0.3, -0.25) is 4.79 Å². The lowest BCUT2D eigenvalue weighted by Gasteiger charge is -2.17. The second-order valence-electron chi connectivity index (χ2n) is 5.94. The van der Waals surface area contributed by atoms with Crippen molar-refractivity contribution in [2.45, 2.75) is 58.5 Å². The van der Waals surface area contributed by atoms with Crippen LogP contribution in [0.1, 0.15) is 56.1 Å². The molecule has 0 aromatic carbocycles. The Hall–Kier alpha value is -1.23. The lowest BCUT2D eigenvalue weighted by molar-refractivity contribution is 0.0956. The molecule has 1 aliphatic rings. The predicted molar refractivity (Wildman–Crippen MR) is 86.4 cm³/mol. The standard InChI is InChI=1S/C15H25N3OS/c1-4-9(2)7-10(3)17-13-8-12(16)14(20-13)15(19)18-11-5-6-11/h8-11,17H,4-7,16H2,1-3H3,(H,18,19). The summed E-state index contributed by atoms with van der Waals surface area (Å²) in [6.07, 6.45) is 4.49. The van der Waals surface area contributed by atoms with Crippen molar-refractivity contribution in [2.75, 3.05) is 11.1 Å². The minimum Gasteiger partial charge on any atom is -0.397 e. The summed E-state index contributed by atoms with van der Waals surface area (Å²) in [6.45, 7) is 6.64. The summed E-state index contributed by atoms with van der Waals surface area (Å²) in [5, 5.41) is 7.42. The van der Waals surface area contributed by atoms with Gasteiger partial charge in [0, 0.05) is 12.1 Å². The van der Waals surface area contributed by atoms with E-state index in [9.17, 15) is 4.79 Å². The lowest BCUT2D eigenvalue weighted by Crippen LogP contribution is -2.25. The van der Waals surface area contributed by atoms with Gasteiger partial charge in [-0.05, 0) is 38.2 Å². The molecule has 0 aliphatic heterocycles. The van der Waals surface area contributed by atoms with E-state index >= 15 is 0 Å². The molecule has 0 radical (unpaired) electrons. The van der Waals surface area contributed by atoms with Crippen molar-refractivity contribution in [1.29, 1.82) is 0 Å². The van der Waals surface area contributed by atoms with Crippen molar-refractivity contribution >= 4 is 27.9 Å². The maximum atomic E-state index is 12.0. The quantitative estimate of drug-likeness (QED) is 0.721. The molecule has 2 rings (SSSR count). The van der Waals surface area contributed by atoms with Crippen molar-refractivity contribution in [1.82, 2.24) is 5.32 Å². The third kappa shape index (κ3) is 4.13. The summed E-state index contributed by atoms with van der Waals surface area (Å²) in [5.41, 5.74) is 6.53. The summed E-state index contributed by atoms with van der Waals surface area (Å²) < 4.78 is 0. The molecule has 1 heterocycles. The van der Waals surface area contributed by atoms with E-state index in [4.69, 9.17) is 5.73 Å². The Kier molecular flexibility index (Phi) is 4.91. The average molecular weight is 295 g/mol. The molecule has 0 bridgehead atoms. The molecule has 20 heavy (non-hydrogen) atoms. The molecule has 0 saturated heterocycles. The smallest absolute Gasteiger partial charge is 0.263 e. The van der Waals surface area contributed by atoms with Crippen LogP contribution in [0.5, 0.6) is 0 Å². The highest BCUT2D eigenvalue weighted by atomic mass is 32.1. The first-order chi connectivity index (χ1) is 9.49. The molecular formula is C15H25N3OS. The highest BCUT2D eigenvalue weighted by molar-refractivity contribution is 7.18. The minimum atomic E-state index is -0.0300. The molecule has 1 saturated carbocycles. The van der Waals surface area contributed by atoms with Gasteiger partial charge in [-0.2, -0.15) is 0 Å². The molecule has 1 fully saturated rings. The van der Waals surface area contributed by atoms with Gasteiger partial charge in [0.1, 0.15) is 4.88 Å². The summed E-state index contributed by atoms with van der Waals surface area (Å²) in [6, 6.07) is 2.63. The zero-order chi connectivity index (χ0) is 14.7. The highest BCUT2D eigenvalue weighted by Gasteiger charge is 2.25. The maximum Gasteiger partial charge on any atom is 0.263 e. The van der Waals surface area contributed by atoms with Gasteiger partial charge in [0.25, 0.3) is 5.91 Å². The van der Waals surface area contributed by atoms with Crippen LogP contribution in [0.3, 0.4) is 0 Å². The van der Waals surface area contributed by atoms with Crippen LogP contribution in [0.25, 0.3) is 0 Å². The van der Waals surface area contributed by atoms with Crippen LogP contribution in [0.2, 0.25) is 0 Å². The van der Waals surface area contributed by atoms with Gasteiger partial charge in [0.15, 0.2) is 0 Å². The van der Waals surface area contributed by atoms with E-state index in [0.29, 0.717) is 28.6 Å². The number of amides is 1. The summed E-state index contributed by atoms with van der Waals surface area (Å²) in [7, 11) is 0. The summed E-state index contributed by atoms with van der Waals surface area (Å²) >= 11 is 1.45. The molecule has 0 spiro atoms. The van der Waals surface area contributed by atoms with Gasteiger partial charge in [-0.25, -0.2) is 0 Å². The number of nitrogens with two attached hydrogens (primary N) is 1. The van der Waals surface area contributed by atoms with E-state index in [1.165, 1.54) is 17.8 Å². The van der Waals surface area contributed by atoms with Gasteiger partial charge < -0.3 is 16.4 Å². The van der Waals surface area contributed by atoms with Gasteiger partial charge >= 0.3 is 0 Å². The highest BCUT2D eigenvalue weighted by Crippen LogP contribution is 2.31. The second kappa shape index (κ2) is 6.48. The normalized spacial score (nSPS) is 17.6. The van der Waals surface area contributed by atoms with Crippen molar-refractivity contribution in [3.8, 4) is 0 Å². The number of nitrogen functional groups attached to an aromatic ring is 1. The molecule has 4 nitrogen and oxygen atoms in total. The van der Waals surface area contributed by atoms with Crippen LogP contribution in [0, 0.1) is 5.92 Å².